The van der Waals surface area contributed by atoms with Gasteiger partial charge in [-0.2, -0.15) is 0 Å². The molecule has 1 aromatic rings. The van der Waals surface area contributed by atoms with Gasteiger partial charge in [0, 0.05) is 6.54 Å². The molecule has 0 aliphatic carbocycles. The largest absolute Gasteiger partial charge is 0.491 e. The average molecular weight is 321 g/mol. The average Bonchev–Trinajstić information content (AvgIpc) is 2.67. The van der Waals surface area contributed by atoms with Crippen LogP contribution in [0.5, 0.6) is 0 Å². The summed E-state index contributed by atoms with van der Waals surface area (Å²) in [5, 5.41) is 12.5. The molecule has 23 heavy (non-hydrogen) atoms. The molecule has 0 bridgehead atoms. The van der Waals surface area contributed by atoms with Crippen LogP contribution in [0.15, 0.2) is 23.7 Å². The van der Waals surface area contributed by atoms with Gasteiger partial charge >= 0.3 is 7.12 Å². The molecule has 1 aromatic carbocycles. The number of aliphatic hydroxyl groups excluding tert-OH is 1. The van der Waals surface area contributed by atoms with Crippen LogP contribution < -0.4 is 5.32 Å². The van der Waals surface area contributed by atoms with Crippen molar-refractivity contribution in [3.63, 3.8) is 0 Å². The van der Waals surface area contributed by atoms with Crippen molar-refractivity contribution in [1.82, 2.24) is 5.32 Å². The van der Waals surface area contributed by atoms with Gasteiger partial charge < -0.3 is 19.7 Å². The Bertz CT molecular complexity index is 586. The Kier molecular flexibility index (Phi) is 5.31. The number of hydrogen-bond donors (Lipinski definition) is 2. The molecule has 1 aliphatic rings. The topological polar surface area (TPSA) is 50.7 Å². The molecule has 0 aromatic heterocycles. The van der Waals surface area contributed by atoms with E-state index < -0.39 is 18.3 Å². The lowest BCUT2D eigenvalue weighted by Crippen LogP contribution is -2.41. The first-order valence-corrected chi connectivity index (χ1v) is 7.80. The highest BCUT2D eigenvalue weighted by Crippen LogP contribution is 2.38. The van der Waals surface area contributed by atoms with Gasteiger partial charge in [-0.05, 0) is 63.5 Å². The van der Waals surface area contributed by atoms with E-state index in [4.69, 9.17) is 9.31 Å². The monoisotopic (exact) mass is 321 g/mol. The van der Waals surface area contributed by atoms with Gasteiger partial charge in [0.2, 0.25) is 0 Å². The van der Waals surface area contributed by atoms with Crippen molar-refractivity contribution in [3.05, 3.63) is 40.6 Å². The summed E-state index contributed by atoms with van der Waals surface area (Å²) >= 11 is 0. The van der Waals surface area contributed by atoms with Gasteiger partial charge in [-0.15, -0.1) is 0 Å². The van der Waals surface area contributed by atoms with Gasteiger partial charge in [-0.25, -0.2) is 4.39 Å². The molecule has 0 spiro atoms. The summed E-state index contributed by atoms with van der Waals surface area (Å²) < 4.78 is 25.7. The van der Waals surface area contributed by atoms with Gasteiger partial charge in [0.25, 0.3) is 0 Å². The molecule has 0 atom stereocenters. The van der Waals surface area contributed by atoms with Gasteiger partial charge in [0.05, 0.1) is 17.8 Å². The number of nitrogens with one attached hydrogen (secondary N) is 1. The third-order valence-corrected chi connectivity index (χ3v) is 4.56. The summed E-state index contributed by atoms with van der Waals surface area (Å²) in [4.78, 5) is 0. The molecule has 0 unspecified atom stereocenters. The van der Waals surface area contributed by atoms with Crippen molar-refractivity contribution in [2.75, 3.05) is 13.6 Å². The second kappa shape index (κ2) is 6.73. The fourth-order valence-corrected chi connectivity index (χ4v) is 2.44. The molecule has 1 heterocycles. The summed E-state index contributed by atoms with van der Waals surface area (Å²) in [5.74, 6) is -0.342. The standard InChI is InChI=1S/C17H25BFNO3/c1-16(2)17(3,4)23-18(22-16)14(10-20-5)8-13-9-15(19)7-6-12(13)11-21/h6-9,20-21H,10-11H2,1-5H3. The molecule has 0 radical (unpaired) electrons. The van der Waals surface area contributed by atoms with E-state index in [2.05, 4.69) is 5.32 Å². The van der Waals surface area contributed by atoms with Crippen LogP contribution >= 0.6 is 0 Å². The van der Waals surface area contributed by atoms with E-state index >= 15 is 0 Å². The number of rotatable bonds is 5. The highest BCUT2D eigenvalue weighted by Gasteiger charge is 2.52. The van der Waals surface area contributed by atoms with Crippen LogP contribution in [0.2, 0.25) is 0 Å². The normalized spacial score (nSPS) is 20.1. The number of likely N-dealkylation sites (N-methyl/N-ethyl adjacent to an activating group) is 1. The third-order valence-electron chi connectivity index (χ3n) is 4.56. The number of benzene rings is 1. The first-order valence-electron chi connectivity index (χ1n) is 7.80. The minimum absolute atomic E-state index is 0.150. The Morgan fingerprint density at radius 2 is 1.87 bits per heavy atom. The molecule has 1 fully saturated rings. The van der Waals surface area contributed by atoms with Crippen molar-refractivity contribution in [2.24, 2.45) is 0 Å². The van der Waals surface area contributed by atoms with Crippen molar-refractivity contribution >= 4 is 13.2 Å². The molecule has 0 saturated carbocycles. The number of halogens is 1. The van der Waals surface area contributed by atoms with E-state index in [1.54, 1.807) is 6.07 Å². The third kappa shape index (κ3) is 3.83. The van der Waals surface area contributed by atoms with Crippen molar-refractivity contribution in [1.29, 1.82) is 0 Å². The Labute approximate surface area is 137 Å². The minimum atomic E-state index is -0.512. The van der Waals surface area contributed by atoms with Crippen molar-refractivity contribution in [3.8, 4) is 0 Å². The van der Waals surface area contributed by atoms with Crippen LogP contribution in [0.25, 0.3) is 6.08 Å². The lowest BCUT2D eigenvalue weighted by atomic mass is 9.76. The van der Waals surface area contributed by atoms with Gasteiger partial charge in [-0.3, -0.25) is 0 Å². The Morgan fingerprint density at radius 1 is 1.26 bits per heavy atom. The van der Waals surface area contributed by atoms with Crippen LogP contribution in [0, 0.1) is 5.82 Å². The highest BCUT2D eigenvalue weighted by molar-refractivity contribution is 6.55. The molecular formula is C17H25BFNO3. The first kappa shape index (κ1) is 18.1. The fraction of sp³-hybridized carbons (Fsp3) is 0.529. The highest BCUT2D eigenvalue weighted by atomic mass is 19.1. The lowest BCUT2D eigenvalue weighted by Gasteiger charge is -2.32. The van der Waals surface area contributed by atoms with Gasteiger partial charge in [0.1, 0.15) is 5.82 Å². The van der Waals surface area contributed by atoms with E-state index in [0.29, 0.717) is 17.7 Å². The van der Waals surface area contributed by atoms with E-state index in [0.717, 1.165) is 5.47 Å². The summed E-state index contributed by atoms with van der Waals surface area (Å²) in [6.07, 6.45) is 1.83. The summed E-state index contributed by atoms with van der Waals surface area (Å²) in [7, 11) is 1.32. The predicted molar refractivity (Wildman–Crippen MR) is 90.3 cm³/mol. The fourth-order valence-electron chi connectivity index (χ4n) is 2.44. The second-order valence-electron chi connectivity index (χ2n) is 6.84. The molecular weight excluding hydrogens is 296 g/mol. The lowest BCUT2D eigenvalue weighted by molar-refractivity contribution is 0.00578. The smallest absolute Gasteiger partial charge is 0.400 e. The van der Waals surface area contributed by atoms with Crippen LogP contribution in [0.1, 0.15) is 38.8 Å². The molecule has 6 heteroatoms. The first-order chi connectivity index (χ1) is 10.7. The van der Waals surface area contributed by atoms with E-state index in [1.165, 1.54) is 12.1 Å². The SMILES string of the molecule is CNCC(=Cc1cc(F)ccc1CO)B1OC(C)(C)C(C)(C)O1. The molecule has 0 amide bonds. The zero-order chi connectivity index (χ0) is 17.3. The molecule has 1 aliphatic heterocycles. The van der Waals surface area contributed by atoms with Crippen LogP contribution in [-0.2, 0) is 15.9 Å². The summed E-state index contributed by atoms with van der Waals surface area (Å²) in [6, 6.07) is 4.34. The Hall–Kier alpha value is -1.21. The maximum atomic E-state index is 13.6. The summed E-state index contributed by atoms with van der Waals surface area (Å²) in [5.41, 5.74) is 1.27. The van der Waals surface area contributed by atoms with Crippen molar-refractivity contribution < 1.29 is 18.8 Å². The van der Waals surface area contributed by atoms with E-state index in [-0.39, 0.29) is 12.4 Å². The van der Waals surface area contributed by atoms with Crippen molar-refractivity contribution in [2.45, 2.75) is 45.5 Å². The van der Waals surface area contributed by atoms with Gasteiger partial charge in [0.15, 0.2) is 0 Å². The molecule has 4 nitrogen and oxygen atoms in total. The van der Waals surface area contributed by atoms with E-state index in [1.807, 2.05) is 40.8 Å². The number of aliphatic hydroxyl groups is 1. The molecule has 2 N–H and O–H groups in total. The maximum absolute atomic E-state index is 13.6. The van der Waals surface area contributed by atoms with Crippen LogP contribution in [-0.4, -0.2) is 37.0 Å². The molecule has 1 saturated heterocycles. The van der Waals surface area contributed by atoms with Crippen LogP contribution in [0.3, 0.4) is 0 Å². The van der Waals surface area contributed by atoms with Crippen LogP contribution in [0.4, 0.5) is 4.39 Å². The zero-order valence-corrected chi connectivity index (χ0v) is 14.4. The Balaban J connectivity index is 2.38. The van der Waals surface area contributed by atoms with E-state index in [9.17, 15) is 9.50 Å². The molecule has 2 rings (SSSR count). The van der Waals surface area contributed by atoms with Gasteiger partial charge in [-0.1, -0.05) is 12.1 Å². The zero-order valence-electron chi connectivity index (χ0n) is 14.4. The number of hydrogen-bond acceptors (Lipinski definition) is 4. The second-order valence-corrected chi connectivity index (χ2v) is 6.84. The molecule has 126 valence electrons. The maximum Gasteiger partial charge on any atom is 0.491 e. The predicted octanol–water partition coefficient (Wildman–Crippen LogP) is 2.55. The Morgan fingerprint density at radius 3 is 2.39 bits per heavy atom. The minimum Gasteiger partial charge on any atom is -0.400 e. The summed E-state index contributed by atoms with van der Waals surface area (Å²) in [6.45, 7) is 8.36. The quantitative estimate of drug-likeness (QED) is 0.819.